The number of Topliss-reactive ketones (excluding diaryl/α,β-unsaturated/α-hetero) is 1. The summed E-state index contributed by atoms with van der Waals surface area (Å²) in [6.45, 7) is 1.19. The first-order valence-corrected chi connectivity index (χ1v) is 8.12. The van der Waals surface area contributed by atoms with Gasteiger partial charge in [-0.2, -0.15) is 5.10 Å². The summed E-state index contributed by atoms with van der Waals surface area (Å²) in [5, 5.41) is 7.82. The third-order valence-corrected chi connectivity index (χ3v) is 4.38. The summed E-state index contributed by atoms with van der Waals surface area (Å²) >= 11 is 0. The number of hydrogen-bond donors (Lipinski definition) is 1. The molecule has 0 bridgehead atoms. The van der Waals surface area contributed by atoms with Crippen LogP contribution in [0.1, 0.15) is 27.5 Å². The van der Waals surface area contributed by atoms with E-state index in [1.807, 2.05) is 24.3 Å². The molecule has 4 rings (SSSR count). The first-order valence-electron chi connectivity index (χ1n) is 8.12. The maximum absolute atomic E-state index is 13.0. The van der Waals surface area contributed by atoms with Crippen LogP contribution >= 0.6 is 0 Å². The maximum Gasteiger partial charge on any atom is 0.275 e. The molecule has 0 spiro atoms. The molecule has 7 heteroatoms. The fourth-order valence-electron chi connectivity index (χ4n) is 3.11. The maximum atomic E-state index is 13.0. The second kappa shape index (κ2) is 6.52. The van der Waals surface area contributed by atoms with Crippen molar-refractivity contribution in [1.29, 1.82) is 0 Å². The number of hydrogen-bond acceptors (Lipinski definition) is 5. The summed E-state index contributed by atoms with van der Waals surface area (Å²) in [6.07, 6.45) is 1.62. The Hall–Kier alpha value is -2.93. The number of nitrogens with one attached hydrogen (secondary N) is 1. The van der Waals surface area contributed by atoms with Crippen molar-refractivity contribution >= 4 is 22.6 Å². The van der Waals surface area contributed by atoms with Crippen molar-refractivity contribution in [3.63, 3.8) is 0 Å². The average molecular weight is 339 g/mol. The van der Waals surface area contributed by atoms with E-state index in [0.717, 1.165) is 10.9 Å². The molecule has 0 aliphatic carbocycles. The number of fused-ring (bicyclic) bond motifs is 1. The van der Waals surface area contributed by atoms with Gasteiger partial charge in [0.2, 0.25) is 0 Å². The number of H-pyrrole nitrogens is 1. The largest absolute Gasteiger partial charge is 0.461 e. The molecule has 1 N–H and O–H groups in total. The molecule has 0 saturated carbocycles. The number of aromatic nitrogens is 2. The number of furan rings is 1. The smallest absolute Gasteiger partial charge is 0.275 e. The van der Waals surface area contributed by atoms with Crippen molar-refractivity contribution < 1.29 is 18.7 Å². The number of nitrogens with zero attached hydrogens (tertiary/aromatic N) is 2. The third kappa shape index (κ3) is 2.94. The van der Waals surface area contributed by atoms with Gasteiger partial charge in [0, 0.05) is 18.4 Å². The number of ketones is 1. The van der Waals surface area contributed by atoms with Crippen LogP contribution < -0.4 is 0 Å². The molecular formula is C18H17N3O4. The molecule has 1 aliphatic heterocycles. The molecule has 1 fully saturated rings. The first kappa shape index (κ1) is 15.6. The number of rotatable bonds is 4. The average Bonchev–Trinajstić information content (AvgIpc) is 3.31. The van der Waals surface area contributed by atoms with Crippen LogP contribution in [0, 0.1) is 0 Å². The van der Waals surface area contributed by atoms with Crippen LogP contribution in [0.15, 0.2) is 47.1 Å². The van der Waals surface area contributed by atoms with E-state index in [4.69, 9.17) is 9.15 Å². The predicted molar refractivity (Wildman–Crippen MR) is 89.4 cm³/mol. The molecule has 1 saturated heterocycles. The number of amides is 1. The van der Waals surface area contributed by atoms with Gasteiger partial charge in [-0.05, 0) is 18.2 Å². The number of ether oxygens (including phenoxy) is 1. The Kier molecular flexibility index (Phi) is 4.07. The van der Waals surface area contributed by atoms with Crippen LogP contribution in [0.25, 0.3) is 10.9 Å². The SMILES string of the molecule is O=C(C[C@@H]1COCCN1C(=O)c1n[nH]c2ccccc12)c1ccco1. The number of morpholine rings is 1. The third-order valence-electron chi connectivity index (χ3n) is 4.38. The van der Waals surface area contributed by atoms with E-state index in [0.29, 0.717) is 31.2 Å². The second-order valence-corrected chi connectivity index (χ2v) is 5.95. The zero-order chi connectivity index (χ0) is 17.2. The summed E-state index contributed by atoms with van der Waals surface area (Å²) < 4.78 is 10.6. The highest BCUT2D eigenvalue weighted by atomic mass is 16.5. The molecule has 1 atom stereocenters. The van der Waals surface area contributed by atoms with Gasteiger partial charge < -0.3 is 14.1 Å². The van der Waals surface area contributed by atoms with Crippen LogP contribution in [-0.2, 0) is 4.74 Å². The van der Waals surface area contributed by atoms with Crippen molar-refractivity contribution in [1.82, 2.24) is 15.1 Å². The van der Waals surface area contributed by atoms with E-state index in [9.17, 15) is 9.59 Å². The zero-order valence-corrected chi connectivity index (χ0v) is 13.5. The van der Waals surface area contributed by atoms with Gasteiger partial charge in [0.1, 0.15) is 0 Å². The Balaban J connectivity index is 1.58. The molecule has 3 heterocycles. The highest BCUT2D eigenvalue weighted by molar-refractivity contribution is 6.05. The van der Waals surface area contributed by atoms with E-state index in [-0.39, 0.29) is 24.2 Å². The molecule has 25 heavy (non-hydrogen) atoms. The van der Waals surface area contributed by atoms with Crippen molar-refractivity contribution in [2.24, 2.45) is 0 Å². The monoisotopic (exact) mass is 339 g/mol. The van der Waals surface area contributed by atoms with Crippen molar-refractivity contribution in [2.45, 2.75) is 12.5 Å². The molecule has 2 aromatic heterocycles. The standard InChI is InChI=1S/C18H17N3O4/c22-15(16-6-3-8-25-16)10-12-11-24-9-7-21(12)18(23)17-13-4-1-2-5-14(13)19-20-17/h1-6,8,12H,7,9-11H2,(H,19,20)/t12-/m1/s1. The lowest BCUT2D eigenvalue weighted by Gasteiger charge is -2.34. The summed E-state index contributed by atoms with van der Waals surface area (Å²) in [5.41, 5.74) is 1.18. The molecule has 1 aliphatic rings. The summed E-state index contributed by atoms with van der Waals surface area (Å²) in [7, 11) is 0. The normalized spacial score (nSPS) is 17.8. The summed E-state index contributed by atoms with van der Waals surface area (Å²) in [4.78, 5) is 27.0. The first-order chi connectivity index (χ1) is 12.2. The molecular weight excluding hydrogens is 322 g/mol. The number of carbonyl (C=O) groups is 2. The van der Waals surface area contributed by atoms with Gasteiger partial charge in [0.05, 0.1) is 31.0 Å². The van der Waals surface area contributed by atoms with Crippen LogP contribution in [0.3, 0.4) is 0 Å². The van der Waals surface area contributed by atoms with E-state index in [1.165, 1.54) is 6.26 Å². The lowest BCUT2D eigenvalue weighted by molar-refractivity contribution is -0.00323. The number of para-hydroxylation sites is 1. The van der Waals surface area contributed by atoms with Gasteiger partial charge in [-0.25, -0.2) is 0 Å². The fraction of sp³-hybridized carbons (Fsp3) is 0.278. The minimum atomic E-state index is -0.339. The predicted octanol–water partition coefficient (Wildman–Crippen LogP) is 2.27. The minimum absolute atomic E-state index is 0.148. The number of carbonyl (C=O) groups excluding carboxylic acids is 2. The molecule has 128 valence electrons. The lowest BCUT2D eigenvalue weighted by Crippen LogP contribution is -2.49. The topological polar surface area (TPSA) is 88.4 Å². The highest BCUT2D eigenvalue weighted by Gasteiger charge is 2.32. The molecule has 0 unspecified atom stereocenters. The van der Waals surface area contributed by atoms with Gasteiger partial charge in [-0.3, -0.25) is 14.7 Å². The second-order valence-electron chi connectivity index (χ2n) is 5.95. The highest BCUT2D eigenvalue weighted by Crippen LogP contribution is 2.21. The Morgan fingerprint density at radius 2 is 2.12 bits per heavy atom. The fourth-order valence-corrected chi connectivity index (χ4v) is 3.11. The van der Waals surface area contributed by atoms with Gasteiger partial charge in [-0.15, -0.1) is 0 Å². The molecule has 1 amide bonds. The summed E-state index contributed by atoms with van der Waals surface area (Å²) in [6, 6.07) is 10.4. The number of aromatic amines is 1. The van der Waals surface area contributed by atoms with Crippen LogP contribution in [0.2, 0.25) is 0 Å². The van der Waals surface area contributed by atoms with Crippen LogP contribution in [0.5, 0.6) is 0 Å². The number of benzene rings is 1. The van der Waals surface area contributed by atoms with Gasteiger partial charge >= 0.3 is 0 Å². The van der Waals surface area contributed by atoms with E-state index >= 15 is 0 Å². The van der Waals surface area contributed by atoms with Crippen LogP contribution in [0.4, 0.5) is 0 Å². The minimum Gasteiger partial charge on any atom is -0.461 e. The zero-order valence-electron chi connectivity index (χ0n) is 13.5. The van der Waals surface area contributed by atoms with E-state index in [1.54, 1.807) is 17.0 Å². The lowest BCUT2D eigenvalue weighted by atomic mass is 10.1. The van der Waals surface area contributed by atoms with Crippen molar-refractivity contribution in [3.8, 4) is 0 Å². The Morgan fingerprint density at radius 1 is 1.24 bits per heavy atom. The van der Waals surface area contributed by atoms with E-state index in [2.05, 4.69) is 10.2 Å². The molecule has 3 aromatic rings. The Labute approximate surface area is 143 Å². The Morgan fingerprint density at radius 3 is 2.96 bits per heavy atom. The van der Waals surface area contributed by atoms with Gasteiger partial charge in [0.25, 0.3) is 5.91 Å². The van der Waals surface area contributed by atoms with Crippen LogP contribution in [-0.4, -0.2) is 52.6 Å². The van der Waals surface area contributed by atoms with Crippen molar-refractivity contribution in [2.75, 3.05) is 19.8 Å². The Bertz CT molecular complexity index is 900. The molecule has 7 nitrogen and oxygen atoms in total. The van der Waals surface area contributed by atoms with Gasteiger partial charge in [0.15, 0.2) is 17.2 Å². The summed E-state index contributed by atoms with van der Waals surface area (Å²) in [5.74, 6) is -0.0497. The van der Waals surface area contributed by atoms with E-state index < -0.39 is 0 Å². The molecule has 1 aromatic carbocycles. The van der Waals surface area contributed by atoms with Crippen molar-refractivity contribution in [3.05, 3.63) is 54.1 Å². The molecule has 0 radical (unpaired) electrons. The van der Waals surface area contributed by atoms with Gasteiger partial charge in [-0.1, -0.05) is 18.2 Å². The quantitative estimate of drug-likeness (QED) is 0.737.